The smallest absolute Gasteiger partial charge is 0.270 e. The molecule has 0 spiro atoms. The Morgan fingerprint density at radius 3 is 2.65 bits per heavy atom. The summed E-state index contributed by atoms with van der Waals surface area (Å²) in [7, 11) is 0. The number of hydrogen-bond acceptors (Lipinski definition) is 5. The first-order valence-corrected chi connectivity index (χ1v) is 8.07. The van der Waals surface area contributed by atoms with Crippen molar-refractivity contribution in [2.45, 2.75) is 13.5 Å². The lowest BCUT2D eigenvalue weighted by molar-refractivity contribution is 0.0946. The van der Waals surface area contributed by atoms with Gasteiger partial charge < -0.3 is 10.6 Å². The van der Waals surface area contributed by atoms with Crippen LogP contribution in [-0.2, 0) is 6.54 Å². The fraction of sp³-hybridized carbons (Fsp3) is 0.100. The molecule has 0 radical (unpaired) electrons. The van der Waals surface area contributed by atoms with E-state index >= 15 is 0 Å². The Hall–Kier alpha value is -3.72. The van der Waals surface area contributed by atoms with E-state index in [0.29, 0.717) is 23.6 Å². The highest BCUT2D eigenvalue weighted by molar-refractivity contribution is 5.93. The van der Waals surface area contributed by atoms with E-state index in [1.54, 1.807) is 24.3 Å². The van der Waals surface area contributed by atoms with Crippen LogP contribution in [0.2, 0.25) is 0 Å². The van der Waals surface area contributed by atoms with Crippen molar-refractivity contribution in [1.82, 2.24) is 15.3 Å². The molecular formula is C20H17N5O. The number of nitrogens with one attached hydrogen (secondary N) is 2. The molecular weight excluding hydrogens is 326 g/mol. The van der Waals surface area contributed by atoms with Gasteiger partial charge in [0, 0.05) is 12.6 Å². The van der Waals surface area contributed by atoms with Crippen LogP contribution in [0.15, 0.2) is 60.9 Å². The zero-order chi connectivity index (χ0) is 18.4. The maximum Gasteiger partial charge on any atom is 0.270 e. The first kappa shape index (κ1) is 17.1. The summed E-state index contributed by atoms with van der Waals surface area (Å²) in [4.78, 5) is 20.5. The lowest BCUT2D eigenvalue weighted by Gasteiger charge is -2.09. The summed E-state index contributed by atoms with van der Waals surface area (Å²) in [6.07, 6.45) is 1.32. The van der Waals surface area contributed by atoms with E-state index in [4.69, 9.17) is 5.26 Å². The summed E-state index contributed by atoms with van der Waals surface area (Å²) in [6.45, 7) is 2.44. The van der Waals surface area contributed by atoms with Crippen molar-refractivity contribution in [2.24, 2.45) is 0 Å². The summed E-state index contributed by atoms with van der Waals surface area (Å²) in [5.41, 5.74) is 3.56. The van der Waals surface area contributed by atoms with Crippen LogP contribution >= 0.6 is 0 Å². The maximum absolute atomic E-state index is 12.3. The van der Waals surface area contributed by atoms with Crippen molar-refractivity contribution in [1.29, 1.82) is 5.26 Å². The van der Waals surface area contributed by atoms with Crippen LogP contribution < -0.4 is 10.6 Å². The van der Waals surface area contributed by atoms with E-state index in [9.17, 15) is 4.79 Å². The Kier molecular flexibility index (Phi) is 5.20. The van der Waals surface area contributed by atoms with E-state index in [0.717, 1.165) is 5.56 Å². The second-order valence-electron chi connectivity index (χ2n) is 5.74. The van der Waals surface area contributed by atoms with Crippen molar-refractivity contribution >= 4 is 17.4 Å². The first-order chi connectivity index (χ1) is 12.7. The Morgan fingerprint density at radius 1 is 1.12 bits per heavy atom. The second-order valence-corrected chi connectivity index (χ2v) is 5.74. The number of amides is 1. The quantitative estimate of drug-likeness (QED) is 0.741. The van der Waals surface area contributed by atoms with Crippen LogP contribution in [-0.4, -0.2) is 15.9 Å². The van der Waals surface area contributed by atoms with E-state index in [1.807, 2.05) is 37.3 Å². The molecule has 3 aromatic rings. The minimum Gasteiger partial charge on any atom is -0.347 e. The lowest BCUT2D eigenvalue weighted by atomic mass is 10.1. The average molecular weight is 343 g/mol. The van der Waals surface area contributed by atoms with Gasteiger partial charge in [-0.05, 0) is 24.6 Å². The van der Waals surface area contributed by atoms with Crippen molar-refractivity contribution in [2.75, 3.05) is 5.32 Å². The van der Waals surface area contributed by atoms with Crippen molar-refractivity contribution < 1.29 is 4.79 Å². The van der Waals surface area contributed by atoms with Crippen LogP contribution in [0, 0.1) is 18.3 Å². The molecule has 1 heterocycles. The third-order valence-electron chi connectivity index (χ3n) is 3.78. The molecule has 6 nitrogen and oxygen atoms in total. The Labute approximate surface area is 151 Å². The van der Waals surface area contributed by atoms with E-state index in [-0.39, 0.29) is 11.6 Å². The van der Waals surface area contributed by atoms with Crippen LogP contribution in [0.1, 0.15) is 27.2 Å². The minimum absolute atomic E-state index is 0.254. The van der Waals surface area contributed by atoms with E-state index in [1.165, 1.54) is 11.9 Å². The normalized spacial score (nSPS) is 10.0. The number of aryl methyl sites for hydroxylation is 1. The monoisotopic (exact) mass is 343 g/mol. The van der Waals surface area contributed by atoms with Gasteiger partial charge in [-0.3, -0.25) is 4.79 Å². The average Bonchev–Trinajstić information content (AvgIpc) is 2.68. The van der Waals surface area contributed by atoms with Gasteiger partial charge in [0.15, 0.2) is 0 Å². The zero-order valence-corrected chi connectivity index (χ0v) is 14.2. The molecule has 0 saturated heterocycles. The Morgan fingerprint density at radius 2 is 1.88 bits per heavy atom. The molecule has 2 aromatic carbocycles. The van der Waals surface area contributed by atoms with Crippen LogP contribution in [0.3, 0.4) is 0 Å². The molecule has 2 N–H and O–H groups in total. The van der Waals surface area contributed by atoms with Gasteiger partial charge in [-0.2, -0.15) is 5.26 Å². The highest BCUT2D eigenvalue weighted by atomic mass is 16.1. The molecule has 0 aliphatic heterocycles. The number of para-hydroxylation sites is 1. The molecule has 26 heavy (non-hydrogen) atoms. The fourth-order valence-electron chi connectivity index (χ4n) is 2.36. The van der Waals surface area contributed by atoms with Crippen LogP contribution in [0.4, 0.5) is 11.5 Å². The van der Waals surface area contributed by atoms with E-state index < -0.39 is 0 Å². The van der Waals surface area contributed by atoms with Gasteiger partial charge in [-0.1, -0.05) is 42.0 Å². The van der Waals surface area contributed by atoms with Crippen molar-refractivity contribution in [3.63, 3.8) is 0 Å². The highest BCUT2D eigenvalue weighted by Gasteiger charge is 2.09. The molecule has 0 aliphatic rings. The molecule has 0 saturated carbocycles. The molecule has 0 bridgehead atoms. The SMILES string of the molecule is Cc1ccc(CNC(=O)c2cc(Nc3ccccc3C#N)ncn2)cc1. The second kappa shape index (κ2) is 7.90. The van der Waals surface area contributed by atoms with Gasteiger partial charge >= 0.3 is 0 Å². The van der Waals surface area contributed by atoms with Gasteiger partial charge in [0.2, 0.25) is 0 Å². The summed E-state index contributed by atoms with van der Waals surface area (Å²) >= 11 is 0. The molecule has 0 aliphatic carbocycles. The number of rotatable bonds is 5. The summed E-state index contributed by atoms with van der Waals surface area (Å²) in [6, 6.07) is 18.7. The molecule has 0 fully saturated rings. The zero-order valence-electron chi connectivity index (χ0n) is 14.2. The summed E-state index contributed by atoms with van der Waals surface area (Å²) < 4.78 is 0. The molecule has 6 heteroatoms. The predicted octanol–water partition coefficient (Wildman–Crippen LogP) is 3.33. The third kappa shape index (κ3) is 4.22. The molecule has 128 valence electrons. The molecule has 3 rings (SSSR count). The number of anilines is 2. The predicted molar refractivity (Wildman–Crippen MR) is 98.8 cm³/mol. The van der Waals surface area contributed by atoms with Crippen LogP contribution in [0.5, 0.6) is 0 Å². The number of benzene rings is 2. The number of nitriles is 1. The lowest BCUT2D eigenvalue weighted by Crippen LogP contribution is -2.24. The Balaban J connectivity index is 1.69. The van der Waals surface area contributed by atoms with Gasteiger partial charge in [0.05, 0.1) is 11.3 Å². The largest absolute Gasteiger partial charge is 0.347 e. The minimum atomic E-state index is -0.287. The standard InChI is InChI=1S/C20H17N5O/c1-14-6-8-15(9-7-14)12-22-20(26)18-10-19(24-13-23-18)25-17-5-3-2-4-16(17)11-21/h2-10,13H,12H2,1H3,(H,22,26)(H,23,24,25). The number of aromatic nitrogens is 2. The summed E-state index contributed by atoms with van der Waals surface area (Å²) in [5.74, 6) is 0.160. The molecule has 1 aromatic heterocycles. The molecule has 0 atom stereocenters. The first-order valence-electron chi connectivity index (χ1n) is 8.07. The number of carbonyl (C=O) groups is 1. The van der Waals surface area contributed by atoms with Gasteiger partial charge in [0.1, 0.15) is 23.9 Å². The molecule has 0 unspecified atom stereocenters. The van der Waals surface area contributed by atoms with Gasteiger partial charge in [-0.15, -0.1) is 0 Å². The topological polar surface area (TPSA) is 90.7 Å². The number of hydrogen-bond donors (Lipinski definition) is 2. The van der Waals surface area contributed by atoms with Crippen LogP contribution in [0.25, 0.3) is 0 Å². The molecule has 1 amide bonds. The highest BCUT2D eigenvalue weighted by Crippen LogP contribution is 2.18. The van der Waals surface area contributed by atoms with Crippen molar-refractivity contribution in [3.05, 3.63) is 83.3 Å². The summed E-state index contributed by atoms with van der Waals surface area (Å²) in [5, 5.41) is 15.0. The number of nitrogens with zero attached hydrogens (tertiary/aromatic N) is 3. The maximum atomic E-state index is 12.3. The van der Waals surface area contributed by atoms with Crippen molar-refractivity contribution in [3.8, 4) is 6.07 Å². The fourth-order valence-corrected chi connectivity index (χ4v) is 2.36. The van der Waals surface area contributed by atoms with Gasteiger partial charge in [0.25, 0.3) is 5.91 Å². The number of carbonyl (C=O) groups excluding carboxylic acids is 1. The van der Waals surface area contributed by atoms with Gasteiger partial charge in [-0.25, -0.2) is 9.97 Å². The third-order valence-corrected chi connectivity index (χ3v) is 3.78. The van der Waals surface area contributed by atoms with E-state index in [2.05, 4.69) is 26.7 Å². The Bertz CT molecular complexity index is 960.